The van der Waals surface area contributed by atoms with Crippen LogP contribution in [0.5, 0.6) is 5.75 Å². The molecule has 9 nitrogen and oxygen atoms in total. The van der Waals surface area contributed by atoms with Crippen LogP contribution < -0.4 is 14.5 Å². The van der Waals surface area contributed by atoms with E-state index in [2.05, 4.69) is 9.97 Å². The zero-order valence-corrected chi connectivity index (χ0v) is 21.0. The molecule has 0 spiro atoms. The Morgan fingerprint density at radius 3 is 2.49 bits per heavy atom. The number of benzene rings is 2. The smallest absolute Gasteiger partial charge is 0.387 e. The number of imidazole rings is 1. The third-order valence-electron chi connectivity index (χ3n) is 7.59. The lowest BCUT2D eigenvalue weighted by molar-refractivity contribution is -0.149. The van der Waals surface area contributed by atoms with Gasteiger partial charge in [-0.15, -0.1) is 0 Å². The number of anilines is 3. The Labute approximate surface area is 221 Å². The number of aliphatic carboxylic acids is 1. The Balaban J connectivity index is 1.27. The van der Waals surface area contributed by atoms with Crippen molar-refractivity contribution in [2.75, 3.05) is 29.4 Å². The molecule has 2 aromatic carbocycles. The number of halogens is 3. The minimum absolute atomic E-state index is 0.0402. The maximum Gasteiger partial charge on any atom is 0.387 e. The van der Waals surface area contributed by atoms with Crippen molar-refractivity contribution in [3.8, 4) is 16.9 Å². The molecule has 0 bridgehead atoms. The van der Waals surface area contributed by atoms with Crippen molar-refractivity contribution in [1.29, 1.82) is 0 Å². The van der Waals surface area contributed by atoms with Crippen molar-refractivity contribution >= 4 is 34.6 Å². The van der Waals surface area contributed by atoms with E-state index in [9.17, 15) is 18.7 Å². The van der Waals surface area contributed by atoms with Gasteiger partial charge in [-0.3, -0.25) is 4.79 Å². The molecule has 4 aromatic rings. The molecule has 0 amide bonds. The molecule has 0 saturated carbocycles. The lowest BCUT2D eigenvalue weighted by Crippen LogP contribution is -2.43. The molecule has 39 heavy (non-hydrogen) atoms. The summed E-state index contributed by atoms with van der Waals surface area (Å²) in [5, 5.41) is 9.44. The first-order chi connectivity index (χ1) is 18.7. The summed E-state index contributed by atoms with van der Waals surface area (Å²) in [6.07, 6.45) is 4.07. The molecule has 6 rings (SSSR count). The van der Waals surface area contributed by atoms with Crippen molar-refractivity contribution < 1.29 is 27.8 Å². The third-order valence-corrected chi connectivity index (χ3v) is 7.59. The number of alkyl halides is 2. The molecule has 0 unspecified atom stereocenters. The second-order valence-electron chi connectivity index (χ2n) is 10.0. The number of hydrogen-bond donors (Lipinski definition) is 1. The molecular weight excluding hydrogens is 513 g/mol. The monoisotopic (exact) mass is 538 g/mol. The number of hydrogen-bond acceptors (Lipinski definition) is 7. The number of aromatic nitrogens is 4. The molecule has 4 heterocycles. The van der Waals surface area contributed by atoms with Gasteiger partial charge < -0.3 is 24.2 Å². The van der Waals surface area contributed by atoms with Crippen LogP contribution in [0.15, 0.2) is 48.8 Å². The van der Waals surface area contributed by atoms with Gasteiger partial charge in [0, 0.05) is 55.8 Å². The summed E-state index contributed by atoms with van der Waals surface area (Å²) in [5.74, 6) is -0.246. The summed E-state index contributed by atoms with van der Waals surface area (Å²) in [4.78, 5) is 28.8. The highest BCUT2D eigenvalue weighted by molar-refractivity contribution is 5.86. The van der Waals surface area contributed by atoms with Crippen molar-refractivity contribution in [2.24, 2.45) is 5.41 Å². The molecule has 202 valence electrons. The molecule has 0 atom stereocenters. The second-order valence-corrected chi connectivity index (χ2v) is 10.0. The van der Waals surface area contributed by atoms with E-state index in [-0.39, 0.29) is 11.3 Å². The number of ether oxygens (including phenoxy) is 1. The zero-order chi connectivity index (χ0) is 27.3. The van der Waals surface area contributed by atoms with E-state index in [4.69, 9.17) is 9.72 Å². The van der Waals surface area contributed by atoms with Gasteiger partial charge in [0.25, 0.3) is 0 Å². The van der Waals surface area contributed by atoms with E-state index in [1.54, 1.807) is 48.5 Å². The van der Waals surface area contributed by atoms with Crippen molar-refractivity contribution in [1.82, 2.24) is 19.5 Å². The lowest BCUT2D eigenvalue weighted by Gasteiger charge is -2.36. The van der Waals surface area contributed by atoms with Crippen LogP contribution in [0.4, 0.5) is 30.8 Å². The van der Waals surface area contributed by atoms with Crippen LogP contribution >= 0.6 is 0 Å². The fourth-order valence-electron chi connectivity index (χ4n) is 5.22. The van der Waals surface area contributed by atoms with Crippen LogP contribution in [0.25, 0.3) is 22.2 Å². The molecule has 1 N–H and O–H groups in total. The van der Waals surface area contributed by atoms with Gasteiger partial charge in [-0.1, -0.05) is 12.1 Å². The fraction of sp³-hybridized carbons (Fsp3) is 0.333. The molecule has 2 aliphatic rings. The predicted octanol–water partition coefficient (Wildman–Crippen LogP) is 5.08. The van der Waals surface area contributed by atoms with Crippen LogP contribution in [0.1, 0.15) is 19.8 Å². The Kier molecular flexibility index (Phi) is 6.04. The van der Waals surface area contributed by atoms with Gasteiger partial charge in [0.2, 0.25) is 11.9 Å². The summed E-state index contributed by atoms with van der Waals surface area (Å²) >= 11 is 0. The minimum Gasteiger partial charge on any atom is -0.481 e. The number of para-hydroxylation sites is 2. The van der Waals surface area contributed by atoms with E-state index in [1.807, 2.05) is 9.47 Å². The summed E-state index contributed by atoms with van der Waals surface area (Å²) in [5.41, 5.74) is 1.60. The van der Waals surface area contributed by atoms with Gasteiger partial charge in [0.05, 0.1) is 22.1 Å². The molecule has 2 aromatic heterocycles. The van der Waals surface area contributed by atoms with Crippen LogP contribution in [-0.4, -0.2) is 56.8 Å². The number of fused-ring (bicyclic) bond motifs is 3. The van der Waals surface area contributed by atoms with Gasteiger partial charge in [0.1, 0.15) is 11.6 Å². The maximum atomic E-state index is 15.3. The second kappa shape index (κ2) is 9.44. The average molecular weight is 539 g/mol. The highest BCUT2D eigenvalue weighted by atomic mass is 19.3. The van der Waals surface area contributed by atoms with Crippen LogP contribution in [-0.2, 0) is 11.3 Å². The number of rotatable bonds is 6. The number of carboxylic acid groups (broad SMARTS) is 1. The topological polar surface area (TPSA) is 96.6 Å². The highest BCUT2D eigenvalue weighted by Crippen LogP contribution is 2.40. The Morgan fingerprint density at radius 1 is 1.08 bits per heavy atom. The largest absolute Gasteiger partial charge is 0.481 e. The highest BCUT2D eigenvalue weighted by Gasteiger charge is 2.37. The Hall–Kier alpha value is -4.35. The molecule has 12 heteroatoms. The predicted molar refractivity (Wildman–Crippen MR) is 138 cm³/mol. The zero-order valence-electron chi connectivity index (χ0n) is 21.0. The minimum atomic E-state index is -2.96. The maximum absolute atomic E-state index is 15.3. The molecule has 1 fully saturated rings. The van der Waals surface area contributed by atoms with Crippen molar-refractivity contribution in [3.63, 3.8) is 0 Å². The first kappa shape index (κ1) is 25.0. The summed E-state index contributed by atoms with van der Waals surface area (Å²) in [6, 6.07) is 9.55. The lowest BCUT2D eigenvalue weighted by atomic mass is 9.80. The van der Waals surface area contributed by atoms with Gasteiger partial charge in [-0.05, 0) is 38.0 Å². The fourth-order valence-corrected chi connectivity index (χ4v) is 5.22. The van der Waals surface area contributed by atoms with E-state index in [0.717, 1.165) is 0 Å². The third kappa shape index (κ3) is 4.39. The number of nitrogens with zero attached hydrogens (tertiary/aromatic N) is 6. The van der Waals surface area contributed by atoms with Crippen molar-refractivity contribution in [3.05, 3.63) is 54.6 Å². The standard InChI is InChI=1S/C27H25F3N6O3/c1-27(23(37)38)6-8-34(9-7-27)25-31-14-16(15-32-25)17-12-19-21(13-18(17)28)36-11-10-35(26(36)33-19)20-4-2-3-5-22(20)39-24(29)30/h2-5,12-15,24H,6-11H2,1H3,(H,37,38). The van der Waals surface area contributed by atoms with Gasteiger partial charge in [-0.25, -0.2) is 19.3 Å². The number of carbonyl (C=O) groups is 1. The van der Waals surface area contributed by atoms with Gasteiger partial charge in [-0.2, -0.15) is 8.78 Å². The Morgan fingerprint density at radius 2 is 1.79 bits per heavy atom. The molecule has 0 aliphatic carbocycles. The molecular formula is C27H25F3N6O3. The number of carboxylic acids is 1. The summed E-state index contributed by atoms with van der Waals surface area (Å²) < 4.78 is 47.8. The average Bonchev–Trinajstić information content (AvgIpc) is 3.48. The molecule has 2 aliphatic heterocycles. The van der Waals surface area contributed by atoms with E-state index in [1.165, 1.54) is 12.1 Å². The van der Waals surface area contributed by atoms with Crippen LogP contribution in [0.2, 0.25) is 0 Å². The van der Waals surface area contributed by atoms with Gasteiger partial charge >= 0.3 is 12.6 Å². The van der Waals surface area contributed by atoms with E-state index >= 15 is 4.39 Å². The molecule has 0 radical (unpaired) electrons. The van der Waals surface area contributed by atoms with Crippen molar-refractivity contribution in [2.45, 2.75) is 32.9 Å². The van der Waals surface area contributed by atoms with Gasteiger partial charge in [0.15, 0.2) is 0 Å². The summed E-state index contributed by atoms with van der Waals surface area (Å²) in [7, 11) is 0. The summed E-state index contributed by atoms with van der Waals surface area (Å²) in [6.45, 7) is 0.800. The Bertz CT molecular complexity index is 1550. The van der Waals surface area contributed by atoms with E-state index < -0.39 is 23.8 Å². The SMILES string of the molecule is CC1(C(=O)O)CCN(c2ncc(-c3cc4nc5n(c4cc3F)CCN5c3ccccc3OC(F)F)cn2)CC1. The quantitative estimate of drug-likeness (QED) is 0.363. The first-order valence-corrected chi connectivity index (χ1v) is 12.6. The normalized spacial score (nSPS) is 16.6. The van der Waals surface area contributed by atoms with E-state index in [0.29, 0.717) is 73.2 Å². The van der Waals surface area contributed by atoms with Crippen LogP contribution in [0.3, 0.4) is 0 Å². The number of piperidine rings is 1. The molecule has 1 saturated heterocycles. The van der Waals surface area contributed by atoms with Crippen LogP contribution in [0, 0.1) is 11.2 Å². The first-order valence-electron chi connectivity index (χ1n) is 12.6.